The molecule has 1 unspecified atom stereocenters. The molecule has 6 heteroatoms. The predicted molar refractivity (Wildman–Crippen MR) is 70.1 cm³/mol. The van der Waals surface area contributed by atoms with E-state index in [1.165, 1.54) is 30.3 Å². The molecule has 2 N–H and O–H groups in total. The Hall–Kier alpha value is -1.66. The van der Waals surface area contributed by atoms with Gasteiger partial charge in [0.2, 0.25) is 0 Å². The van der Waals surface area contributed by atoms with Gasteiger partial charge in [-0.15, -0.1) is 0 Å². The first kappa shape index (κ1) is 13.8. The second-order valence-corrected chi connectivity index (χ2v) is 4.66. The predicted octanol–water partition coefficient (Wildman–Crippen LogP) is 2.64. The van der Waals surface area contributed by atoms with E-state index in [1.807, 2.05) is 0 Å². The van der Waals surface area contributed by atoms with Crippen molar-refractivity contribution >= 4 is 21.8 Å². The summed E-state index contributed by atoms with van der Waals surface area (Å²) in [7, 11) is 0. The molecule has 1 heterocycles. The molecule has 0 saturated heterocycles. The van der Waals surface area contributed by atoms with Crippen LogP contribution in [0.2, 0.25) is 0 Å². The third-order valence-corrected chi connectivity index (χ3v) is 2.93. The second kappa shape index (κ2) is 5.99. The number of nitrogens with one attached hydrogen (secondary N) is 1. The minimum absolute atomic E-state index is 0.0167. The normalized spacial score (nSPS) is 12.2. The summed E-state index contributed by atoms with van der Waals surface area (Å²) in [4.78, 5) is 11.7. The molecule has 0 radical (unpaired) electrons. The van der Waals surface area contributed by atoms with Crippen LogP contribution in [0.4, 0.5) is 4.39 Å². The minimum atomic E-state index is -0.900. The number of benzene rings is 1. The van der Waals surface area contributed by atoms with Gasteiger partial charge >= 0.3 is 0 Å². The molecule has 1 amide bonds. The first-order chi connectivity index (χ1) is 9.06. The van der Waals surface area contributed by atoms with E-state index in [0.29, 0.717) is 10.2 Å². The van der Waals surface area contributed by atoms with Crippen molar-refractivity contribution in [2.45, 2.75) is 6.10 Å². The van der Waals surface area contributed by atoms with Gasteiger partial charge < -0.3 is 14.8 Å². The Morgan fingerprint density at radius 2 is 2.00 bits per heavy atom. The van der Waals surface area contributed by atoms with Crippen LogP contribution in [0.1, 0.15) is 22.2 Å². The van der Waals surface area contributed by atoms with Crippen LogP contribution in [0.3, 0.4) is 0 Å². The minimum Gasteiger partial charge on any atom is -0.444 e. The molecule has 0 saturated carbocycles. The van der Waals surface area contributed by atoms with Gasteiger partial charge in [0.05, 0.1) is 6.10 Å². The molecule has 0 aliphatic rings. The van der Waals surface area contributed by atoms with Crippen molar-refractivity contribution in [2.75, 3.05) is 6.54 Å². The number of aliphatic hydroxyl groups is 1. The zero-order valence-electron chi connectivity index (χ0n) is 9.77. The lowest BCUT2D eigenvalue weighted by Gasteiger charge is -2.11. The number of amides is 1. The summed E-state index contributed by atoms with van der Waals surface area (Å²) in [6.07, 6.45) is -0.900. The van der Waals surface area contributed by atoms with Gasteiger partial charge in [0, 0.05) is 6.54 Å². The molecule has 100 valence electrons. The maximum atomic E-state index is 12.7. The van der Waals surface area contributed by atoms with Crippen LogP contribution in [0.15, 0.2) is 45.5 Å². The van der Waals surface area contributed by atoms with Crippen LogP contribution in [-0.4, -0.2) is 17.6 Å². The molecule has 0 bridgehead atoms. The van der Waals surface area contributed by atoms with E-state index in [0.717, 1.165) is 0 Å². The number of halogens is 2. The maximum absolute atomic E-state index is 12.7. The van der Waals surface area contributed by atoms with E-state index in [4.69, 9.17) is 4.42 Å². The second-order valence-electron chi connectivity index (χ2n) is 3.88. The Balaban J connectivity index is 1.91. The number of carbonyl (C=O) groups excluding carboxylic acids is 1. The van der Waals surface area contributed by atoms with Gasteiger partial charge in [0.1, 0.15) is 5.82 Å². The standard InChI is InChI=1S/C13H11BrFNO3/c14-12-6-5-11(19-12)13(18)16-7-10(17)8-1-3-9(15)4-2-8/h1-6,10,17H,7H2,(H,16,18). The fourth-order valence-corrected chi connectivity index (χ4v) is 1.82. The van der Waals surface area contributed by atoms with Crippen molar-refractivity contribution in [2.24, 2.45) is 0 Å². The largest absolute Gasteiger partial charge is 0.444 e. The SMILES string of the molecule is O=C(NCC(O)c1ccc(F)cc1)c1ccc(Br)o1. The summed E-state index contributed by atoms with van der Waals surface area (Å²) in [5.41, 5.74) is 0.530. The van der Waals surface area contributed by atoms with Crippen molar-refractivity contribution in [1.29, 1.82) is 0 Å². The Labute approximate surface area is 117 Å². The number of furan rings is 1. The molecule has 0 fully saturated rings. The van der Waals surface area contributed by atoms with Crippen molar-refractivity contribution in [1.82, 2.24) is 5.32 Å². The van der Waals surface area contributed by atoms with E-state index >= 15 is 0 Å². The van der Waals surface area contributed by atoms with Gasteiger partial charge in [0.15, 0.2) is 10.4 Å². The molecule has 1 atom stereocenters. The summed E-state index contributed by atoms with van der Waals surface area (Å²) in [5, 5.41) is 12.4. The van der Waals surface area contributed by atoms with Crippen LogP contribution in [-0.2, 0) is 0 Å². The summed E-state index contributed by atoms with van der Waals surface area (Å²) >= 11 is 3.09. The highest BCUT2D eigenvalue weighted by Crippen LogP contribution is 2.15. The lowest BCUT2D eigenvalue weighted by molar-refractivity contribution is 0.0887. The Morgan fingerprint density at radius 1 is 1.32 bits per heavy atom. The highest BCUT2D eigenvalue weighted by atomic mass is 79.9. The van der Waals surface area contributed by atoms with E-state index in [1.54, 1.807) is 6.07 Å². The van der Waals surface area contributed by atoms with Crippen LogP contribution in [0.25, 0.3) is 0 Å². The number of hydrogen-bond donors (Lipinski definition) is 2. The molecule has 2 rings (SSSR count). The molecular weight excluding hydrogens is 317 g/mol. The highest BCUT2D eigenvalue weighted by molar-refractivity contribution is 9.10. The summed E-state index contributed by atoms with van der Waals surface area (Å²) < 4.78 is 18.2. The Bertz CT molecular complexity index is 568. The third kappa shape index (κ3) is 3.65. The maximum Gasteiger partial charge on any atom is 0.287 e. The molecule has 19 heavy (non-hydrogen) atoms. The summed E-state index contributed by atoms with van der Waals surface area (Å²) in [6, 6.07) is 8.56. The summed E-state index contributed by atoms with van der Waals surface area (Å²) in [5.74, 6) is -0.648. The fourth-order valence-electron chi connectivity index (χ4n) is 1.52. The van der Waals surface area contributed by atoms with Crippen LogP contribution >= 0.6 is 15.9 Å². The molecule has 0 aliphatic heterocycles. The fraction of sp³-hybridized carbons (Fsp3) is 0.154. The highest BCUT2D eigenvalue weighted by Gasteiger charge is 2.13. The Kier molecular flexibility index (Phi) is 4.34. The molecule has 0 aliphatic carbocycles. The number of carbonyl (C=O) groups is 1. The van der Waals surface area contributed by atoms with Crippen molar-refractivity contribution in [3.05, 3.63) is 58.2 Å². The molecule has 4 nitrogen and oxygen atoms in total. The molecule has 2 aromatic rings. The van der Waals surface area contributed by atoms with Crippen LogP contribution < -0.4 is 5.32 Å². The van der Waals surface area contributed by atoms with E-state index in [9.17, 15) is 14.3 Å². The molecule has 1 aromatic carbocycles. The monoisotopic (exact) mass is 327 g/mol. The van der Waals surface area contributed by atoms with Gasteiger partial charge in [-0.2, -0.15) is 0 Å². The van der Waals surface area contributed by atoms with Gasteiger partial charge in [-0.25, -0.2) is 4.39 Å². The average molecular weight is 328 g/mol. The zero-order chi connectivity index (χ0) is 13.8. The van der Waals surface area contributed by atoms with E-state index in [2.05, 4.69) is 21.2 Å². The molecular formula is C13H11BrFNO3. The van der Waals surface area contributed by atoms with Gasteiger partial charge in [0.25, 0.3) is 5.91 Å². The van der Waals surface area contributed by atoms with Crippen LogP contribution in [0.5, 0.6) is 0 Å². The van der Waals surface area contributed by atoms with Gasteiger partial charge in [-0.05, 0) is 45.8 Å². The number of hydrogen-bond acceptors (Lipinski definition) is 3. The van der Waals surface area contributed by atoms with Crippen molar-refractivity contribution in [3.63, 3.8) is 0 Å². The number of aliphatic hydroxyl groups excluding tert-OH is 1. The first-order valence-electron chi connectivity index (χ1n) is 5.53. The van der Waals surface area contributed by atoms with Gasteiger partial charge in [-0.1, -0.05) is 12.1 Å². The average Bonchev–Trinajstić information content (AvgIpc) is 2.83. The van der Waals surface area contributed by atoms with Crippen LogP contribution in [0, 0.1) is 5.82 Å². The Morgan fingerprint density at radius 3 is 2.58 bits per heavy atom. The number of rotatable bonds is 4. The first-order valence-corrected chi connectivity index (χ1v) is 6.32. The zero-order valence-corrected chi connectivity index (χ0v) is 11.4. The van der Waals surface area contributed by atoms with E-state index < -0.39 is 12.0 Å². The van der Waals surface area contributed by atoms with E-state index in [-0.39, 0.29) is 18.1 Å². The topological polar surface area (TPSA) is 62.5 Å². The van der Waals surface area contributed by atoms with Crippen molar-refractivity contribution < 1.29 is 18.7 Å². The quantitative estimate of drug-likeness (QED) is 0.907. The third-order valence-electron chi connectivity index (χ3n) is 2.51. The molecule has 1 aromatic heterocycles. The lowest BCUT2D eigenvalue weighted by atomic mass is 10.1. The summed E-state index contributed by atoms with van der Waals surface area (Å²) in [6.45, 7) is 0.0167. The lowest BCUT2D eigenvalue weighted by Crippen LogP contribution is -2.28. The smallest absolute Gasteiger partial charge is 0.287 e. The molecule has 0 spiro atoms. The van der Waals surface area contributed by atoms with Gasteiger partial charge in [-0.3, -0.25) is 4.79 Å². The van der Waals surface area contributed by atoms with Crippen molar-refractivity contribution in [3.8, 4) is 0 Å².